The summed E-state index contributed by atoms with van der Waals surface area (Å²) in [7, 11) is -4.63. The van der Waals surface area contributed by atoms with Crippen molar-refractivity contribution in [3.63, 3.8) is 0 Å². The third kappa shape index (κ3) is 39.9. The minimum Gasteiger partial charge on any atom is -0.462 e. The summed E-state index contributed by atoms with van der Waals surface area (Å²) in [5.41, 5.74) is 0. The number of phosphoric acid groups is 1. The van der Waals surface area contributed by atoms with E-state index in [1.165, 1.54) is 83.5 Å². The van der Waals surface area contributed by atoms with Crippen molar-refractivity contribution in [2.75, 3.05) is 26.4 Å². The van der Waals surface area contributed by atoms with Crippen LogP contribution in [0.4, 0.5) is 0 Å². The first-order valence-electron chi connectivity index (χ1n) is 21.6. The molecule has 0 aromatic heterocycles. The Bertz CT molecular complexity index is 1060. The minimum atomic E-state index is -4.63. The van der Waals surface area contributed by atoms with Gasteiger partial charge in [-0.05, 0) is 64.2 Å². The van der Waals surface area contributed by atoms with Gasteiger partial charge in [0.05, 0.1) is 19.8 Å². The van der Waals surface area contributed by atoms with Crippen molar-refractivity contribution in [2.45, 2.75) is 193 Å². The molecule has 55 heavy (non-hydrogen) atoms. The lowest BCUT2D eigenvalue weighted by molar-refractivity contribution is -0.161. The van der Waals surface area contributed by atoms with Crippen LogP contribution >= 0.6 is 7.82 Å². The first-order valence-corrected chi connectivity index (χ1v) is 23.1. The Labute approximate surface area is 334 Å². The summed E-state index contributed by atoms with van der Waals surface area (Å²) in [5, 5.41) is 18.3. The molecule has 320 valence electrons. The number of esters is 2. The molecule has 10 nitrogen and oxygen atoms in total. The predicted molar refractivity (Wildman–Crippen MR) is 224 cm³/mol. The van der Waals surface area contributed by atoms with Crippen molar-refractivity contribution >= 4 is 19.8 Å². The Hall–Kier alpha value is -2.07. The number of ether oxygens (including phenoxy) is 2. The van der Waals surface area contributed by atoms with Crippen LogP contribution in [0.5, 0.6) is 0 Å². The maximum Gasteiger partial charge on any atom is 0.472 e. The fourth-order valence-corrected chi connectivity index (χ4v) is 6.40. The molecule has 0 aliphatic heterocycles. The smallest absolute Gasteiger partial charge is 0.462 e. The number of allylic oxidation sites excluding steroid dienone is 8. The van der Waals surface area contributed by atoms with Gasteiger partial charge in [-0.25, -0.2) is 4.57 Å². The molecule has 0 aliphatic rings. The Morgan fingerprint density at radius 3 is 1.58 bits per heavy atom. The number of hydrogen-bond acceptors (Lipinski definition) is 9. The van der Waals surface area contributed by atoms with Crippen molar-refractivity contribution in [1.29, 1.82) is 0 Å². The average molecular weight is 799 g/mol. The molecule has 0 saturated heterocycles. The van der Waals surface area contributed by atoms with Gasteiger partial charge in [0.2, 0.25) is 0 Å². The second kappa shape index (κ2) is 40.1. The minimum absolute atomic E-state index is 0.157. The maximum absolute atomic E-state index is 12.6. The quantitative estimate of drug-likeness (QED) is 0.0180. The molecule has 3 atom stereocenters. The van der Waals surface area contributed by atoms with Gasteiger partial charge in [-0.3, -0.25) is 18.6 Å². The van der Waals surface area contributed by atoms with Gasteiger partial charge in [0.1, 0.15) is 12.7 Å². The van der Waals surface area contributed by atoms with E-state index in [0.717, 1.165) is 57.8 Å². The van der Waals surface area contributed by atoms with Crippen LogP contribution in [-0.4, -0.2) is 65.7 Å². The van der Waals surface area contributed by atoms with Crippen LogP contribution in [0.25, 0.3) is 0 Å². The first-order chi connectivity index (χ1) is 26.7. The van der Waals surface area contributed by atoms with Gasteiger partial charge in [-0.2, -0.15) is 0 Å². The second-order valence-corrected chi connectivity index (χ2v) is 15.8. The van der Waals surface area contributed by atoms with Crippen molar-refractivity contribution in [3.05, 3.63) is 48.6 Å². The van der Waals surface area contributed by atoms with Crippen molar-refractivity contribution in [2.24, 2.45) is 0 Å². The Morgan fingerprint density at radius 1 is 0.564 bits per heavy atom. The Kier molecular flexibility index (Phi) is 38.6. The molecular formula is C44H79O10P. The fourth-order valence-electron chi connectivity index (χ4n) is 5.61. The monoisotopic (exact) mass is 799 g/mol. The molecule has 0 saturated carbocycles. The average Bonchev–Trinajstić information content (AvgIpc) is 3.17. The molecule has 0 spiro atoms. The zero-order valence-electron chi connectivity index (χ0n) is 34.6. The number of hydrogen-bond donors (Lipinski definition) is 3. The summed E-state index contributed by atoms with van der Waals surface area (Å²) in [6, 6.07) is 0. The molecule has 0 amide bonds. The van der Waals surface area contributed by atoms with Crippen LogP contribution in [0, 0.1) is 0 Å². The molecule has 0 aromatic rings. The van der Waals surface area contributed by atoms with Crippen LogP contribution in [0.1, 0.15) is 181 Å². The number of phosphoric ester groups is 1. The molecule has 3 N–H and O–H groups in total. The van der Waals surface area contributed by atoms with Crippen LogP contribution in [-0.2, 0) is 32.7 Å². The number of rotatable bonds is 40. The van der Waals surface area contributed by atoms with Gasteiger partial charge < -0.3 is 24.6 Å². The third-order valence-corrected chi connectivity index (χ3v) is 9.93. The van der Waals surface area contributed by atoms with Crippen LogP contribution in [0.15, 0.2) is 48.6 Å². The van der Waals surface area contributed by atoms with Gasteiger partial charge in [-0.15, -0.1) is 0 Å². The van der Waals surface area contributed by atoms with E-state index in [2.05, 4.69) is 60.9 Å². The van der Waals surface area contributed by atoms with Gasteiger partial charge in [0, 0.05) is 12.8 Å². The Balaban J connectivity index is 4.39. The van der Waals surface area contributed by atoms with Crippen molar-refractivity contribution in [3.8, 4) is 0 Å². The number of unbranched alkanes of at least 4 members (excludes halogenated alkanes) is 19. The van der Waals surface area contributed by atoms with E-state index in [9.17, 15) is 24.2 Å². The molecular weight excluding hydrogens is 719 g/mol. The van der Waals surface area contributed by atoms with Crippen LogP contribution < -0.4 is 0 Å². The molecule has 0 aliphatic carbocycles. The first kappa shape index (κ1) is 52.9. The zero-order chi connectivity index (χ0) is 40.5. The maximum atomic E-state index is 12.6. The molecule has 1 unspecified atom stereocenters. The lowest BCUT2D eigenvalue weighted by Crippen LogP contribution is -2.29. The number of carbonyl (C=O) groups is 2. The standard InChI is InChI=1S/C44H79O10P/c1-3-5-7-9-11-13-15-17-19-20-22-23-25-27-29-31-33-35-43(47)51-39-42(40-53-55(49,50)52-38-41(46)37-45)54-44(48)36-34-32-30-28-26-24-21-18-16-14-12-10-8-6-4-2/h14,16,18,21-23,27,29,41-42,45-46H,3-13,15,17,19-20,24-26,28,30-40H2,1-2H3,(H,49,50)/b16-14+,21-18+,23-22+,29-27+/t41-,42+/m0/s1. The van der Waals surface area contributed by atoms with E-state index in [1.54, 1.807) is 0 Å². The summed E-state index contributed by atoms with van der Waals surface area (Å²) < 4.78 is 32.6. The van der Waals surface area contributed by atoms with Crippen molar-refractivity contribution < 1.29 is 47.8 Å². The van der Waals surface area contributed by atoms with E-state index >= 15 is 0 Å². The molecule has 0 bridgehead atoms. The fraction of sp³-hybridized carbons (Fsp3) is 0.773. The SMILES string of the molecule is CCCCCC/C=C/C=C/CCCCCCCC(=O)O[C@H](COC(=O)CCC/C=C/C/C=C/CCCCCCCCCCC)COP(=O)(O)OC[C@@H](O)CO. The molecule has 0 heterocycles. The highest BCUT2D eigenvalue weighted by Crippen LogP contribution is 2.43. The third-order valence-electron chi connectivity index (χ3n) is 8.98. The largest absolute Gasteiger partial charge is 0.472 e. The lowest BCUT2D eigenvalue weighted by atomic mass is 10.1. The van der Waals surface area contributed by atoms with Gasteiger partial charge in [0.25, 0.3) is 0 Å². The number of aliphatic hydroxyl groups excluding tert-OH is 2. The lowest BCUT2D eigenvalue weighted by Gasteiger charge is -2.20. The number of carbonyl (C=O) groups excluding carboxylic acids is 2. The summed E-state index contributed by atoms with van der Waals surface area (Å²) in [6.45, 7) is 2.29. The topological polar surface area (TPSA) is 149 Å². The zero-order valence-corrected chi connectivity index (χ0v) is 35.5. The second-order valence-electron chi connectivity index (χ2n) is 14.4. The van der Waals surface area contributed by atoms with Gasteiger partial charge in [0.15, 0.2) is 6.10 Å². The summed E-state index contributed by atoms with van der Waals surface area (Å²) in [4.78, 5) is 34.9. The van der Waals surface area contributed by atoms with Crippen LogP contribution in [0.2, 0.25) is 0 Å². The van der Waals surface area contributed by atoms with Gasteiger partial charge in [-0.1, -0.05) is 152 Å². The van der Waals surface area contributed by atoms with E-state index in [0.29, 0.717) is 12.8 Å². The van der Waals surface area contributed by atoms with Gasteiger partial charge >= 0.3 is 19.8 Å². The van der Waals surface area contributed by atoms with E-state index in [1.807, 2.05) is 6.08 Å². The molecule has 0 radical (unpaired) electrons. The summed E-state index contributed by atoms with van der Waals surface area (Å²) >= 11 is 0. The van der Waals surface area contributed by atoms with Crippen LogP contribution in [0.3, 0.4) is 0 Å². The normalized spacial score (nSPS) is 14.3. The highest BCUT2D eigenvalue weighted by Gasteiger charge is 2.27. The summed E-state index contributed by atoms with van der Waals surface area (Å²) in [6.07, 6.45) is 42.3. The van der Waals surface area contributed by atoms with Crippen molar-refractivity contribution in [1.82, 2.24) is 0 Å². The predicted octanol–water partition coefficient (Wildman–Crippen LogP) is 11.3. The van der Waals surface area contributed by atoms with E-state index in [-0.39, 0.29) is 19.4 Å². The van der Waals surface area contributed by atoms with E-state index < -0.39 is 51.8 Å². The highest BCUT2D eigenvalue weighted by atomic mass is 31.2. The highest BCUT2D eigenvalue weighted by molar-refractivity contribution is 7.47. The van der Waals surface area contributed by atoms with E-state index in [4.69, 9.17) is 19.1 Å². The molecule has 11 heteroatoms. The summed E-state index contributed by atoms with van der Waals surface area (Å²) in [5.74, 6) is -0.996. The molecule has 0 rings (SSSR count). The number of aliphatic hydroxyl groups is 2. The molecule has 0 fully saturated rings. The molecule has 0 aromatic carbocycles. The Morgan fingerprint density at radius 2 is 1.02 bits per heavy atom.